The molecule has 1 aromatic rings. The van der Waals surface area contributed by atoms with Crippen LogP contribution < -0.4 is 0 Å². The van der Waals surface area contributed by atoms with E-state index in [1.807, 2.05) is 23.1 Å². The number of hydrogen-bond acceptors (Lipinski definition) is 2. The van der Waals surface area contributed by atoms with Crippen LogP contribution in [-0.2, 0) is 0 Å². The van der Waals surface area contributed by atoms with Gasteiger partial charge in [-0.2, -0.15) is 0 Å². The van der Waals surface area contributed by atoms with Crippen molar-refractivity contribution in [3.63, 3.8) is 0 Å². The molecule has 98 valence electrons. The van der Waals surface area contributed by atoms with E-state index < -0.39 is 0 Å². The smallest absolute Gasteiger partial charge is 0.255 e. The molecule has 1 aromatic carbocycles. The second kappa shape index (κ2) is 5.72. The van der Waals surface area contributed by atoms with E-state index in [1.54, 1.807) is 6.92 Å². The molecule has 0 spiro atoms. The molecule has 0 saturated carbocycles. The van der Waals surface area contributed by atoms with E-state index >= 15 is 0 Å². The first-order valence-corrected chi connectivity index (χ1v) is 7.50. The molecule has 0 aromatic heterocycles. The van der Waals surface area contributed by atoms with Gasteiger partial charge in [-0.15, -0.1) is 0 Å². The summed E-state index contributed by atoms with van der Waals surface area (Å²) in [5.41, 5.74) is 0.663. The van der Waals surface area contributed by atoms with Crippen LogP contribution in [0.5, 0.6) is 0 Å². The zero-order valence-electron chi connectivity index (χ0n) is 10.1. The summed E-state index contributed by atoms with van der Waals surface area (Å²) in [7, 11) is 0. The van der Waals surface area contributed by atoms with Crippen molar-refractivity contribution in [1.29, 1.82) is 0 Å². The lowest BCUT2D eigenvalue weighted by molar-refractivity contribution is 0.0761. The Kier molecular flexibility index (Phi) is 4.45. The van der Waals surface area contributed by atoms with Gasteiger partial charge in [-0.05, 0) is 47.5 Å². The number of carbonyl (C=O) groups is 1. The fourth-order valence-corrected chi connectivity index (χ4v) is 2.97. The molecule has 2 unspecified atom stereocenters. The van der Waals surface area contributed by atoms with Crippen LogP contribution in [0.25, 0.3) is 0 Å². The standard InChI is InChI=1S/C13H15Br2NO2/c1-8(17)9-4-5-16(7-9)13(18)11-6-10(14)2-3-12(11)15/h2-3,6,8-9,17H,4-5,7H2,1H3. The molecular formula is C13H15Br2NO2. The van der Waals surface area contributed by atoms with Gasteiger partial charge >= 0.3 is 0 Å². The second-order valence-corrected chi connectivity index (χ2v) is 6.43. The maximum Gasteiger partial charge on any atom is 0.255 e. The van der Waals surface area contributed by atoms with Crippen LogP contribution in [0.2, 0.25) is 0 Å². The molecular weight excluding hydrogens is 362 g/mol. The SMILES string of the molecule is CC(O)C1CCN(C(=O)c2cc(Br)ccc2Br)C1. The molecule has 0 aliphatic carbocycles. The van der Waals surface area contributed by atoms with Gasteiger partial charge in [-0.3, -0.25) is 4.79 Å². The van der Waals surface area contributed by atoms with E-state index in [2.05, 4.69) is 31.9 Å². The van der Waals surface area contributed by atoms with Crippen LogP contribution in [0.4, 0.5) is 0 Å². The van der Waals surface area contributed by atoms with Crippen LogP contribution in [0.1, 0.15) is 23.7 Å². The number of carbonyl (C=O) groups excluding carboxylic acids is 1. The van der Waals surface area contributed by atoms with Gasteiger partial charge in [0, 0.05) is 28.0 Å². The van der Waals surface area contributed by atoms with Crippen LogP contribution >= 0.6 is 31.9 Å². The topological polar surface area (TPSA) is 40.5 Å². The largest absolute Gasteiger partial charge is 0.393 e. The minimum atomic E-state index is -0.353. The molecule has 1 N–H and O–H groups in total. The molecule has 1 aliphatic rings. The molecule has 1 fully saturated rings. The first-order valence-electron chi connectivity index (χ1n) is 5.91. The van der Waals surface area contributed by atoms with Crippen molar-refractivity contribution in [2.24, 2.45) is 5.92 Å². The molecule has 1 aliphatic heterocycles. The highest BCUT2D eigenvalue weighted by molar-refractivity contribution is 9.11. The molecule has 2 rings (SSSR count). The summed E-state index contributed by atoms with van der Waals surface area (Å²) in [6.07, 6.45) is 0.517. The first kappa shape index (κ1) is 14.0. The van der Waals surface area contributed by atoms with Gasteiger partial charge in [-0.25, -0.2) is 0 Å². The van der Waals surface area contributed by atoms with E-state index in [-0.39, 0.29) is 17.9 Å². The summed E-state index contributed by atoms with van der Waals surface area (Å²) >= 11 is 6.78. The molecule has 0 radical (unpaired) electrons. The minimum Gasteiger partial charge on any atom is -0.393 e. The molecule has 3 nitrogen and oxygen atoms in total. The van der Waals surface area contributed by atoms with Gasteiger partial charge < -0.3 is 10.0 Å². The van der Waals surface area contributed by atoms with Crippen molar-refractivity contribution in [3.8, 4) is 0 Å². The summed E-state index contributed by atoms with van der Waals surface area (Å²) in [5, 5.41) is 9.57. The molecule has 1 amide bonds. The highest BCUT2D eigenvalue weighted by atomic mass is 79.9. The van der Waals surface area contributed by atoms with Crippen molar-refractivity contribution in [2.45, 2.75) is 19.4 Å². The van der Waals surface area contributed by atoms with Crippen molar-refractivity contribution in [3.05, 3.63) is 32.7 Å². The highest BCUT2D eigenvalue weighted by Gasteiger charge is 2.30. The molecule has 0 bridgehead atoms. The monoisotopic (exact) mass is 375 g/mol. The second-order valence-electron chi connectivity index (χ2n) is 4.66. The van der Waals surface area contributed by atoms with E-state index in [4.69, 9.17) is 0 Å². The lowest BCUT2D eigenvalue weighted by atomic mass is 10.0. The summed E-state index contributed by atoms with van der Waals surface area (Å²) < 4.78 is 1.69. The zero-order chi connectivity index (χ0) is 13.3. The van der Waals surface area contributed by atoms with Crippen molar-refractivity contribution in [2.75, 3.05) is 13.1 Å². The maximum atomic E-state index is 12.4. The summed E-state index contributed by atoms with van der Waals surface area (Å²) in [6, 6.07) is 5.57. The molecule has 1 saturated heterocycles. The number of amides is 1. The van der Waals surface area contributed by atoms with Gasteiger partial charge in [0.2, 0.25) is 0 Å². The van der Waals surface area contributed by atoms with E-state index in [0.717, 1.165) is 15.4 Å². The predicted molar refractivity (Wildman–Crippen MR) is 77.5 cm³/mol. The Morgan fingerprint density at radius 3 is 2.83 bits per heavy atom. The van der Waals surface area contributed by atoms with Gasteiger partial charge in [0.1, 0.15) is 0 Å². The third-order valence-corrected chi connectivity index (χ3v) is 4.54. The average Bonchev–Trinajstić information content (AvgIpc) is 2.81. The number of benzene rings is 1. The van der Waals surface area contributed by atoms with Gasteiger partial charge in [-0.1, -0.05) is 15.9 Å². The molecule has 5 heteroatoms. The van der Waals surface area contributed by atoms with Crippen LogP contribution in [0, 0.1) is 5.92 Å². The summed E-state index contributed by atoms with van der Waals surface area (Å²) in [6.45, 7) is 3.14. The Morgan fingerprint density at radius 2 is 2.22 bits per heavy atom. The number of aliphatic hydroxyl groups is 1. The summed E-state index contributed by atoms with van der Waals surface area (Å²) in [4.78, 5) is 14.2. The maximum absolute atomic E-state index is 12.4. The predicted octanol–water partition coefficient (Wildman–Crippen LogP) is 3.05. The first-order chi connectivity index (χ1) is 8.49. The Hall–Kier alpha value is -0.390. The number of aliphatic hydroxyl groups excluding tert-OH is 1. The Bertz CT molecular complexity index is 462. The van der Waals surface area contributed by atoms with E-state index in [9.17, 15) is 9.90 Å². The number of nitrogens with zero attached hydrogens (tertiary/aromatic N) is 1. The van der Waals surface area contributed by atoms with Gasteiger partial charge in [0.15, 0.2) is 0 Å². The van der Waals surface area contributed by atoms with Crippen LogP contribution in [0.3, 0.4) is 0 Å². The minimum absolute atomic E-state index is 0.0197. The third kappa shape index (κ3) is 2.95. The molecule has 2 atom stereocenters. The van der Waals surface area contributed by atoms with Gasteiger partial charge in [0.05, 0.1) is 11.7 Å². The normalized spacial score (nSPS) is 21.1. The Balaban J connectivity index is 2.15. The van der Waals surface area contributed by atoms with E-state index in [0.29, 0.717) is 18.7 Å². The molecule has 18 heavy (non-hydrogen) atoms. The van der Waals surface area contributed by atoms with Crippen molar-refractivity contribution in [1.82, 2.24) is 4.90 Å². The van der Waals surface area contributed by atoms with E-state index in [1.165, 1.54) is 0 Å². The Labute approximate surface area is 123 Å². The van der Waals surface area contributed by atoms with Crippen molar-refractivity contribution >= 4 is 37.8 Å². The van der Waals surface area contributed by atoms with Gasteiger partial charge in [0.25, 0.3) is 5.91 Å². The lowest BCUT2D eigenvalue weighted by Crippen LogP contribution is -2.30. The zero-order valence-corrected chi connectivity index (χ0v) is 13.2. The number of hydrogen-bond donors (Lipinski definition) is 1. The van der Waals surface area contributed by atoms with Crippen molar-refractivity contribution < 1.29 is 9.90 Å². The third-order valence-electron chi connectivity index (χ3n) is 3.35. The van der Waals surface area contributed by atoms with Crippen LogP contribution in [-0.4, -0.2) is 35.1 Å². The quantitative estimate of drug-likeness (QED) is 0.861. The number of halogens is 2. The fraction of sp³-hybridized carbons (Fsp3) is 0.462. The molecule has 1 heterocycles. The van der Waals surface area contributed by atoms with Crippen LogP contribution in [0.15, 0.2) is 27.1 Å². The fourth-order valence-electron chi connectivity index (χ4n) is 2.20. The average molecular weight is 377 g/mol. The highest BCUT2D eigenvalue weighted by Crippen LogP contribution is 2.26. The Morgan fingerprint density at radius 1 is 1.50 bits per heavy atom. The number of rotatable bonds is 2. The number of likely N-dealkylation sites (tertiary alicyclic amines) is 1. The summed E-state index contributed by atoms with van der Waals surface area (Å²) in [5.74, 6) is 0.214. The lowest BCUT2D eigenvalue weighted by Gasteiger charge is -2.18.